The Labute approximate surface area is 161 Å². The number of nitro benzene ring substituents is 1. The first kappa shape index (κ1) is 21.8. The van der Waals surface area contributed by atoms with Crippen molar-refractivity contribution in [1.29, 1.82) is 0 Å². The van der Waals surface area contributed by atoms with Crippen LogP contribution in [0.15, 0.2) is 52.4 Å². The minimum absolute atomic E-state index is 0.215. The monoisotopic (exact) mass is 430 g/mol. The maximum absolute atomic E-state index is 12.5. The van der Waals surface area contributed by atoms with Gasteiger partial charge < -0.3 is 5.11 Å². The second kappa shape index (κ2) is 8.28. The number of nitro groups is 1. The Morgan fingerprint density at radius 1 is 1.21 bits per heavy atom. The number of nitrogens with one attached hydrogen (secondary N) is 1. The van der Waals surface area contributed by atoms with E-state index in [1.807, 2.05) is 0 Å². The molecule has 0 radical (unpaired) electrons. The standard InChI is InChI=1S/C15H18N4O7S2/c1-18(2)28(25,26)11-6-7-15(13(9-11)19(21)22)27(23,24)17-10-14(20)12-5-3-4-8-16-12/h3-9,14,17,20H,10H2,1-2H3. The van der Waals surface area contributed by atoms with Crippen LogP contribution < -0.4 is 4.72 Å². The Bertz CT molecular complexity index is 1070. The van der Waals surface area contributed by atoms with Gasteiger partial charge in [0.25, 0.3) is 5.69 Å². The third kappa shape index (κ3) is 4.69. The second-order valence-electron chi connectivity index (χ2n) is 5.80. The first-order valence-electron chi connectivity index (χ1n) is 7.76. The molecule has 0 spiro atoms. The van der Waals surface area contributed by atoms with Crippen LogP contribution in [0.4, 0.5) is 5.69 Å². The molecule has 0 aliphatic rings. The summed E-state index contributed by atoms with van der Waals surface area (Å²) < 4.78 is 52.2. The summed E-state index contributed by atoms with van der Waals surface area (Å²) in [7, 11) is -5.92. The van der Waals surface area contributed by atoms with Crippen molar-refractivity contribution in [1.82, 2.24) is 14.0 Å². The van der Waals surface area contributed by atoms with E-state index in [2.05, 4.69) is 9.71 Å². The normalized spacial score (nSPS) is 13.4. The maximum atomic E-state index is 12.5. The molecular formula is C15H18N4O7S2. The van der Waals surface area contributed by atoms with E-state index in [-0.39, 0.29) is 5.69 Å². The van der Waals surface area contributed by atoms with Gasteiger partial charge in [-0.3, -0.25) is 15.1 Å². The minimum Gasteiger partial charge on any atom is -0.385 e. The predicted octanol–water partition coefficient (Wildman–Crippen LogP) is 0.252. The van der Waals surface area contributed by atoms with Crippen LogP contribution in [-0.2, 0) is 20.0 Å². The van der Waals surface area contributed by atoms with Gasteiger partial charge in [0, 0.05) is 32.9 Å². The van der Waals surface area contributed by atoms with Crippen molar-refractivity contribution in [3.05, 3.63) is 58.4 Å². The summed E-state index contributed by atoms with van der Waals surface area (Å²) in [6, 6.07) is 7.19. The van der Waals surface area contributed by atoms with Gasteiger partial charge in [-0.15, -0.1) is 0 Å². The number of pyridine rings is 1. The molecular weight excluding hydrogens is 412 g/mol. The average molecular weight is 430 g/mol. The van der Waals surface area contributed by atoms with E-state index >= 15 is 0 Å². The first-order valence-corrected chi connectivity index (χ1v) is 10.7. The third-order valence-corrected chi connectivity index (χ3v) is 6.97. The van der Waals surface area contributed by atoms with Crippen molar-refractivity contribution in [2.45, 2.75) is 15.9 Å². The van der Waals surface area contributed by atoms with Crippen molar-refractivity contribution in [2.75, 3.05) is 20.6 Å². The molecule has 2 rings (SSSR count). The zero-order chi connectivity index (χ0) is 21.1. The molecule has 0 saturated heterocycles. The van der Waals surface area contributed by atoms with E-state index in [1.54, 1.807) is 12.1 Å². The zero-order valence-electron chi connectivity index (χ0n) is 14.9. The number of aliphatic hydroxyl groups excluding tert-OH is 1. The average Bonchev–Trinajstić information content (AvgIpc) is 2.66. The highest BCUT2D eigenvalue weighted by molar-refractivity contribution is 7.90. The molecule has 28 heavy (non-hydrogen) atoms. The summed E-state index contributed by atoms with van der Waals surface area (Å²) in [5.74, 6) is 0. The quantitative estimate of drug-likeness (QED) is 0.445. The molecule has 1 aromatic carbocycles. The molecule has 0 bridgehead atoms. The van der Waals surface area contributed by atoms with Crippen molar-refractivity contribution < 1.29 is 26.9 Å². The fraction of sp³-hybridized carbons (Fsp3) is 0.267. The SMILES string of the molecule is CN(C)S(=O)(=O)c1ccc(S(=O)(=O)NCC(O)c2ccccn2)c([N+](=O)[O-])c1. The number of aromatic nitrogens is 1. The molecule has 0 fully saturated rings. The van der Waals surface area contributed by atoms with Crippen LogP contribution >= 0.6 is 0 Å². The van der Waals surface area contributed by atoms with Crippen LogP contribution in [0.3, 0.4) is 0 Å². The second-order valence-corrected chi connectivity index (χ2v) is 9.68. The Balaban J connectivity index is 2.36. The van der Waals surface area contributed by atoms with Gasteiger partial charge in [0.1, 0.15) is 6.10 Å². The number of benzene rings is 1. The van der Waals surface area contributed by atoms with Crippen molar-refractivity contribution in [3.63, 3.8) is 0 Å². The Morgan fingerprint density at radius 2 is 1.89 bits per heavy atom. The van der Waals surface area contributed by atoms with E-state index in [0.717, 1.165) is 16.4 Å². The van der Waals surface area contributed by atoms with Crippen LogP contribution in [0.25, 0.3) is 0 Å². The Hall–Kier alpha value is -2.45. The summed E-state index contributed by atoms with van der Waals surface area (Å²) in [5, 5.41) is 21.3. The molecule has 0 aliphatic heterocycles. The maximum Gasteiger partial charge on any atom is 0.290 e. The highest BCUT2D eigenvalue weighted by atomic mass is 32.2. The van der Waals surface area contributed by atoms with Gasteiger partial charge in [0.05, 0.1) is 15.5 Å². The summed E-state index contributed by atoms with van der Waals surface area (Å²) in [6.45, 7) is -0.478. The van der Waals surface area contributed by atoms with Crippen molar-refractivity contribution in [3.8, 4) is 0 Å². The lowest BCUT2D eigenvalue weighted by Gasteiger charge is -2.14. The molecule has 2 aromatic rings. The number of hydrogen-bond acceptors (Lipinski definition) is 8. The topological polar surface area (TPSA) is 160 Å². The highest BCUT2D eigenvalue weighted by Crippen LogP contribution is 2.28. The van der Waals surface area contributed by atoms with Gasteiger partial charge in [-0.1, -0.05) is 6.07 Å². The van der Waals surface area contributed by atoms with Gasteiger partial charge >= 0.3 is 0 Å². The summed E-state index contributed by atoms with van der Waals surface area (Å²) in [5.41, 5.74) is -0.685. The molecule has 11 nitrogen and oxygen atoms in total. The highest BCUT2D eigenvalue weighted by Gasteiger charge is 2.30. The lowest BCUT2D eigenvalue weighted by Crippen LogP contribution is -2.29. The van der Waals surface area contributed by atoms with E-state index in [0.29, 0.717) is 6.07 Å². The fourth-order valence-electron chi connectivity index (χ4n) is 2.18. The number of nitrogens with zero attached hydrogens (tertiary/aromatic N) is 3. The Kier molecular flexibility index (Phi) is 6.46. The molecule has 0 aliphatic carbocycles. The lowest BCUT2D eigenvalue weighted by molar-refractivity contribution is -0.388. The van der Waals surface area contributed by atoms with Gasteiger partial charge in [-0.05, 0) is 24.3 Å². The van der Waals surface area contributed by atoms with Crippen LogP contribution in [0, 0.1) is 10.1 Å². The molecule has 152 valence electrons. The van der Waals surface area contributed by atoms with E-state index in [1.165, 1.54) is 26.4 Å². The Morgan fingerprint density at radius 3 is 2.43 bits per heavy atom. The third-order valence-electron chi connectivity index (χ3n) is 3.69. The van der Waals surface area contributed by atoms with Crippen LogP contribution in [0.2, 0.25) is 0 Å². The first-order chi connectivity index (χ1) is 13.0. The summed E-state index contributed by atoms with van der Waals surface area (Å²) in [4.78, 5) is 13.1. The van der Waals surface area contributed by atoms with Gasteiger partial charge in [0.15, 0.2) is 4.90 Å². The van der Waals surface area contributed by atoms with Crippen LogP contribution in [0.5, 0.6) is 0 Å². The van der Waals surface area contributed by atoms with Crippen molar-refractivity contribution >= 4 is 25.7 Å². The van der Waals surface area contributed by atoms with Crippen molar-refractivity contribution in [2.24, 2.45) is 0 Å². The summed E-state index contributed by atoms with van der Waals surface area (Å²) >= 11 is 0. The molecule has 1 heterocycles. The minimum atomic E-state index is -4.41. The molecule has 0 saturated carbocycles. The number of sulfonamides is 2. The smallest absolute Gasteiger partial charge is 0.290 e. The van der Waals surface area contributed by atoms with Crippen LogP contribution in [0.1, 0.15) is 11.8 Å². The molecule has 1 atom stereocenters. The zero-order valence-corrected chi connectivity index (χ0v) is 16.5. The van der Waals surface area contributed by atoms with E-state index < -0.39 is 53.1 Å². The number of aliphatic hydroxyl groups is 1. The molecule has 13 heteroatoms. The molecule has 1 aromatic heterocycles. The largest absolute Gasteiger partial charge is 0.385 e. The fourth-order valence-corrected chi connectivity index (χ4v) is 4.29. The lowest BCUT2D eigenvalue weighted by atomic mass is 10.2. The molecule has 0 amide bonds. The predicted molar refractivity (Wildman–Crippen MR) is 98.4 cm³/mol. The van der Waals surface area contributed by atoms with Gasteiger partial charge in [-0.2, -0.15) is 0 Å². The van der Waals surface area contributed by atoms with E-state index in [9.17, 15) is 32.1 Å². The van der Waals surface area contributed by atoms with Gasteiger partial charge in [-0.25, -0.2) is 25.9 Å². The molecule has 2 N–H and O–H groups in total. The van der Waals surface area contributed by atoms with E-state index in [4.69, 9.17) is 0 Å². The summed E-state index contributed by atoms with van der Waals surface area (Å²) in [6.07, 6.45) is 0.144. The van der Waals surface area contributed by atoms with Crippen LogP contribution in [-0.4, -0.2) is 56.8 Å². The van der Waals surface area contributed by atoms with Gasteiger partial charge in [0.2, 0.25) is 20.0 Å². The molecule has 1 unspecified atom stereocenters. The number of hydrogen-bond donors (Lipinski definition) is 2. The number of rotatable bonds is 8.